The lowest BCUT2D eigenvalue weighted by Crippen LogP contribution is -2.38. The second-order valence-electron chi connectivity index (χ2n) is 7.48. The second kappa shape index (κ2) is 9.88. The molecule has 0 unspecified atom stereocenters. The highest BCUT2D eigenvalue weighted by atomic mass is 32.2. The third-order valence-corrected chi connectivity index (χ3v) is 6.75. The molecule has 3 rings (SSSR count). The predicted molar refractivity (Wildman–Crippen MR) is 111 cm³/mol. The highest BCUT2D eigenvalue weighted by Gasteiger charge is 2.26. The van der Waals surface area contributed by atoms with Gasteiger partial charge in [-0.3, -0.25) is 4.79 Å². The highest BCUT2D eigenvalue weighted by molar-refractivity contribution is 7.89. The Labute approximate surface area is 183 Å². The zero-order chi connectivity index (χ0) is 23.5. The largest absolute Gasteiger partial charge is 0.496 e. The van der Waals surface area contributed by atoms with E-state index in [-0.39, 0.29) is 27.9 Å². The summed E-state index contributed by atoms with van der Waals surface area (Å²) >= 11 is 0. The first kappa shape index (κ1) is 24.0. The van der Waals surface area contributed by atoms with Gasteiger partial charge in [0, 0.05) is 11.7 Å². The molecule has 32 heavy (non-hydrogen) atoms. The number of rotatable bonds is 7. The number of halogens is 3. The molecule has 1 saturated carbocycles. The topological polar surface area (TPSA) is 105 Å². The maximum Gasteiger partial charge on any atom is 0.266 e. The minimum Gasteiger partial charge on any atom is -0.496 e. The summed E-state index contributed by atoms with van der Waals surface area (Å²) in [4.78, 5) is 12.6. The van der Waals surface area contributed by atoms with Crippen molar-refractivity contribution in [3.63, 3.8) is 0 Å². The Bertz CT molecular complexity index is 1090. The summed E-state index contributed by atoms with van der Waals surface area (Å²) in [6.45, 7) is 0. The van der Waals surface area contributed by atoms with Crippen LogP contribution in [0.15, 0.2) is 41.3 Å². The predicted octanol–water partition coefficient (Wildman–Crippen LogP) is 3.61. The van der Waals surface area contributed by atoms with Gasteiger partial charge >= 0.3 is 0 Å². The molecule has 0 aliphatic heterocycles. The number of aliphatic hydroxyl groups excluding tert-OH is 1. The number of nitrogens with one attached hydrogen (secondary N) is 2. The molecule has 2 aromatic rings. The number of ether oxygens (including phenoxy) is 1. The van der Waals surface area contributed by atoms with Gasteiger partial charge in [-0.1, -0.05) is 0 Å². The van der Waals surface area contributed by atoms with E-state index in [0.29, 0.717) is 25.7 Å². The van der Waals surface area contributed by atoms with E-state index >= 15 is 0 Å². The zero-order valence-electron chi connectivity index (χ0n) is 17.1. The van der Waals surface area contributed by atoms with Crippen molar-refractivity contribution in [2.24, 2.45) is 0 Å². The first-order chi connectivity index (χ1) is 15.1. The number of hydrogen-bond acceptors (Lipinski definition) is 5. The van der Waals surface area contributed by atoms with Crippen molar-refractivity contribution in [3.05, 3.63) is 53.3 Å². The van der Waals surface area contributed by atoms with E-state index in [1.165, 1.54) is 19.2 Å². The lowest BCUT2D eigenvalue weighted by atomic mass is 9.94. The summed E-state index contributed by atoms with van der Waals surface area (Å²) in [6, 6.07) is 6.10. The number of aliphatic hydroxyl groups is 1. The Morgan fingerprint density at radius 1 is 1.12 bits per heavy atom. The fraction of sp³-hybridized carbons (Fsp3) is 0.381. The second-order valence-corrected chi connectivity index (χ2v) is 9.19. The molecular weight excluding hydrogens is 449 g/mol. The van der Waals surface area contributed by atoms with Gasteiger partial charge < -0.3 is 15.2 Å². The van der Waals surface area contributed by atoms with Crippen LogP contribution in [0.3, 0.4) is 0 Å². The van der Waals surface area contributed by atoms with Crippen LogP contribution in [0.2, 0.25) is 0 Å². The van der Waals surface area contributed by atoms with Gasteiger partial charge in [0.1, 0.15) is 11.6 Å². The number of anilines is 1. The van der Waals surface area contributed by atoms with Crippen LogP contribution in [0.5, 0.6) is 5.75 Å². The zero-order valence-corrected chi connectivity index (χ0v) is 18.0. The number of sulfonamides is 1. The van der Waals surface area contributed by atoms with E-state index in [1.54, 1.807) is 0 Å². The molecule has 1 amide bonds. The molecule has 7 nitrogen and oxygen atoms in total. The Morgan fingerprint density at radius 3 is 2.44 bits per heavy atom. The van der Waals surface area contributed by atoms with Crippen molar-refractivity contribution in [3.8, 4) is 5.75 Å². The minimum atomic E-state index is -3.97. The molecule has 0 spiro atoms. The van der Waals surface area contributed by atoms with Crippen LogP contribution >= 0.6 is 0 Å². The van der Waals surface area contributed by atoms with Crippen molar-refractivity contribution < 1.29 is 36.2 Å². The Kier molecular flexibility index (Phi) is 7.42. The molecule has 3 N–H and O–H groups in total. The summed E-state index contributed by atoms with van der Waals surface area (Å²) in [5.74, 6) is -1.85. The molecule has 0 heterocycles. The third-order valence-electron chi connectivity index (χ3n) is 5.23. The van der Waals surface area contributed by atoms with Crippen molar-refractivity contribution in [1.29, 1.82) is 0 Å². The summed E-state index contributed by atoms with van der Waals surface area (Å²) in [5, 5.41) is 11.9. The molecule has 0 saturated heterocycles. The van der Waals surface area contributed by atoms with Crippen LogP contribution in [0.4, 0.5) is 18.9 Å². The van der Waals surface area contributed by atoms with Crippen LogP contribution in [0.25, 0.3) is 0 Å². The maximum absolute atomic E-state index is 13.5. The fourth-order valence-electron chi connectivity index (χ4n) is 3.50. The third kappa shape index (κ3) is 5.59. The maximum atomic E-state index is 13.5. The number of alkyl halides is 2. The van der Waals surface area contributed by atoms with E-state index in [1.807, 2.05) is 0 Å². The van der Waals surface area contributed by atoms with E-state index < -0.39 is 39.8 Å². The molecule has 2 aromatic carbocycles. The van der Waals surface area contributed by atoms with Gasteiger partial charge in [-0.05, 0) is 62.1 Å². The molecule has 0 aromatic heterocycles. The molecule has 0 bridgehead atoms. The first-order valence-electron chi connectivity index (χ1n) is 9.88. The number of carbonyl (C=O) groups excluding carboxylic acids is 1. The number of benzene rings is 2. The van der Waals surface area contributed by atoms with Crippen LogP contribution in [0.1, 0.15) is 48.0 Å². The van der Waals surface area contributed by atoms with Gasteiger partial charge in [-0.2, -0.15) is 0 Å². The molecule has 1 fully saturated rings. The van der Waals surface area contributed by atoms with Crippen molar-refractivity contribution in [2.75, 3.05) is 12.4 Å². The Morgan fingerprint density at radius 2 is 1.81 bits per heavy atom. The Balaban J connectivity index is 1.84. The summed E-state index contributed by atoms with van der Waals surface area (Å²) in [6.07, 6.45) is -1.56. The molecule has 1 aliphatic rings. The standard InChI is InChI=1S/C21H23F3N2O5S/c1-31-19-9-7-15(32(29,30)26-12-2-5-14(27)6-3-12)11-17(19)21(28)25-13-4-8-18(22)16(10-13)20(23)24/h4,7-12,14,20,26-27H,2-3,5-6H2,1H3,(H,25,28)/t12-,14+. The van der Waals surface area contributed by atoms with Crippen LogP contribution in [-0.4, -0.2) is 38.7 Å². The van der Waals surface area contributed by atoms with Gasteiger partial charge in [0.05, 0.1) is 29.2 Å². The quantitative estimate of drug-likeness (QED) is 0.571. The van der Waals surface area contributed by atoms with Gasteiger partial charge in [-0.25, -0.2) is 26.3 Å². The van der Waals surface area contributed by atoms with Gasteiger partial charge in [0.25, 0.3) is 12.3 Å². The van der Waals surface area contributed by atoms with E-state index in [0.717, 1.165) is 24.3 Å². The molecular formula is C21H23F3N2O5S. The van der Waals surface area contributed by atoms with Crippen molar-refractivity contribution in [2.45, 2.75) is 49.2 Å². The smallest absolute Gasteiger partial charge is 0.266 e. The van der Waals surface area contributed by atoms with Gasteiger partial charge in [0.2, 0.25) is 10.0 Å². The van der Waals surface area contributed by atoms with E-state index in [2.05, 4.69) is 10.0 Å². The van der Waals surface area contributed by atoms with Gasteiger partial charge in [0.15, 0.2) is 0 Å². The number of hydrogen-bond donors (Lipinski definition) is 3. The molecule has 1 aliphatic carbocycles. The summed E-state index contributed by atoms with van der Waals surface area (Å²) in [7, 11) is -2.68. The molecule has 0 radical (unpaired) electrons. The van der Waals surface area contributed by atoms with Crippen LogP contribution < -0.4 is 14.8 Å². The van der Waals surface area contributed by atoms with E-state index in [4.69, 9.17) is 4.74 Å². The monoisotopic (exact) mass is 472 g/mol. The van der Waals surface area contributed by atoms with Gasteiger partial charge in [-0.15, -0.1) is 0 Å². The number of methoxy groups -OCH3 is 1. The lowest BCUT2D eigenvalue weighted by molar-refractivity contribution is 0.102. The summed E-state index contributed by atoms with van der Waals surface area (Å²) < 4.78 is 72.7. The number of amides is 1. The van der Waals surface area contributed by atoms with Crippen molar-refractivity contribution >= 4 is 21.6 Å². The Hall–Kier alpha value is -2.63. The van der Waals surface area contributed by atoms with Crippen LogP contribution in [0, 0.1) is 5.82 Å². The molecule has 174 valence electrons. The average Bonchev–Trinajstić information content (AvgIpc) is 2.75. The van der Waals surface area contributed by atoms with Crippen LogP contribution in [-0.2, 0) is 10.0 Å². The first-order valence-corrected chi connectivity index (χ1v) is 11.4. The van der Waals surface area contributed by atoms with E-state index in [9.17, 15) is 31.5 Å². The molecule has 0 atom stereocenters. The van der Waals surface area contributed by atoms with Crippen molar-refractivity contribution in [1.82, 2.24) is 4.72 Å². The molecule has 11 heteroatoms. The highest BCUT2D eigenvalue weighted by Crippen LogP contribution is 2.28. The fourth-order valence-corrected chi connectivity index (χ4v) is 4.83. The average molecular weight is 472 g/mol. The number of carbonyl (C=O) groups is 1. The SMILES string of the molecule is COc1ccc(S(=O)(=O)N[C@H]2CC[C@@H](O)CC2)cc1C(=O)Nc1ccc(F)c(C(F)F)c1. The normalized spacial score (nSPS) is 19.1. The lowest BCUT2D eigenvalue weighted by Gasteiger charge is -2.26. The summed E-state index contributed by atoms with van der Waals surface area (Å²) in [5.41, 5.74) is -1.09. The minimum absolute atomic E-state index is 0.0680.